The van der Waals surface area contributed by atoms with Crippen LogP contribution in [0.3, 0.4) is 0 Å². The normalized spacial score (nSPS) is 12.1. The van der Waals surface area contributed by atoms with Crippen LogP contribution in [0.5, 0.6) is 0 Å². The van der Waals surface area contributed by atoms with Crippen LogP contribution in [0.4, 0.5) is 0 Å². The van der Waals surface area contributed by atoms with E-state index in [1.165, 1.54) is 11.3 Å². The van der Waals surface area contributed by atoms with Crippen molar-refractivity contribution in [3.8, 4) is 0 Å². The maximum atomic E-state index is 12.6. The smallest absolute Gasteiger partial charge is 0.279 e. The van der Waals surface area contributed by atoms with Gasteiger partial charge in [-0.25, -0.2) is 0 Å². The maximum absolute atomic E-state index is 12.6. The summed E-state index contributed by atoms with van der Waals surface area (Å²) in [6, 6.07) is 10.3. The van der Waals surface area contributed by atoms with Gasteiger partial charge in [0.05, 0.1) is 21.8 Å². The number of carbonyl (C=O) groups is 1. The molecule has 0 N–H and O–H groups in total. The van der Waals surface area contributed by atoms with Gasteiger partial charge in [0.2, 0.25) is 0 Å². The van der Waals surface area contributed by atoms with Gasteiger partial charge in [-0.2, -0.15) is 4.99 Å². The number of aromatic nitrogens is 1. The van der Waals surface area contributed by atoms with Crippen LogP contribution in [0, 0.1) is 0 Å². The molecule has 136 valence electrons. The number of rotatable bonds is 5. The number of fused-ring (bicyclic) bond motifs is 1. The molecule has 0 atom stereocenters. The molecular formula is C18H15Cl3N2O2S. The Morgan fingerprint density at radius 2 is 1.92 bits per heavy atom. The minimum absolute atomic E-state index is 0.336. The van der Waals surface area contributed by atoms with Gasteiger partial charge >= 0.3 is 0 Å². The number of ether oxygens (including phenoxy) is 1. The van der Waals surface area contributed by atoms with Gasteiger partial charge in [0.15, 0.2) is 4.80 Å². The molecule has 3 aromatic rings. The molecule has 0 aliphatic heterocycles. The second kappa shape index (κ2) is 8.55. The summed E-state index contributed by atoms with van der Waals surface area (Å²) in [7, 11) is 0. The van der Waals surface area contributed by atoms with Crippen LogP contribution in [0.2, 0.25) is 15.1 Å². The van der Waals surface area contributed by atoms with Gasteiger partial charge in [-0.1, -0.05) is 52.2 Å². The van der Waals surface area contributed by atoms with E-state index in [4.69, 9.17) is 39.5 Å². The summed E-state index contributed by atoms with van der Waals surface area (Å²) in [6.07, 6.45) is 0. The van der Waals surface area contributed by atoms with Crippen molar-refractivity contribution in [3.05, 3.63) is 61.8 Å². The first kappa shape index (κ1) is 19.4. The van der Waals surface area contributed by atoms with Crippen LogP contribution in [0.15, 0.2) is 41.4 Å². The van der Waals surface area contributed by atoms with Crippen LogP contribution in [-0.2, 0) is 11.3 Å². The molecule has 0 fully saturated rings. The molecule has 1 amide bonds. The molecule has 0 aliphatic carbocycles. The summed E-state index contributed by atoms with van der Waals surface area (Å²) < 4.78 is 8.30. The number of para-hydroxylation sites is 1. The highest BCUT2D eigenvalue weighted by atomic mass is 35.5. The largest absolute Gasteiger partial charge is 0.380 e. The third-order valence-electron chi connectivity index (χ3n) is 3.62. The molecule has 1 heterocycles. The summed E-state index contributed by atoms with van der Waals surface area (Å²) >= 11 is 19.7. The molecule has 26 heavy (non-hydrogen) atoms. The van der Waals surface area contributed by atoms with E-state index in [2.05, 4.69) is 4.99 Å². The molecule has 0 unspecified atom stereocenters. The summed E-state index contributed by atoms with van der Waals surface area (Å²) in [5, 5.41) is 1.38. The highest BCUT2D eigenvalue weighted by molar-refractivity contribution is 7.16. The molecule has 0 saturated heterocycles. The third-order valence-corrected chi connectivity index (χ3v) is 5.41. The van der Waals surface area contributed by atoms with Crippen molar-refractivity contribution < 1.29 is 9.53 Å². The van der Waals surface area contributed by atoms with Gasteiger partial charge < -0.3 is 9.30 Å². The number of carbonyl (C=O) groups excluding carboxylic acids is 1. The molecule has 1 aromatic heterocycles. The van der Waals surface area contributed by atoms with E-state index < -0.39 is 5.91 Å². The molecule has 0 saturated carbocycles. The molecular weight excluding hydrogens is 415 g/mol. The zero-order chi connectivity index (χ0) is 18.7. The molecule has 3 rings (SSSR count). The average Bonchev–Trinajstić information content (AvgIpc) is 2.93. The van der Waals surface area contributed by atoms with Crippen LogP contribution in [0.25, 0.3) is 10.2 Å². The summed E-state index contributed by atoms with van der Waals surface area (Å²) in [5.41, 5.74) is 1.18. The van der Waals surface area contributed by atoms with Gasteiger partial charge in [0.25, 0.3) is 5.91 Å². The number of halogens is 3. The van der Waals surface area contributed by atoms with E-state index in [-0.39, 0.29) is 0 Å². The van der Waals surface area contributed by atoms with Crippen molar-refractivity contribution in [3.63, 3.8) is 0 Å². The SMILES string of the molecule is CCOCCn1c(=NC(=O)c2cc(Cl)cc(Cl)c2)sc2cccc(Cl)c21. The first-order chi connectivity index (χ1) is 12.5. The lowest BCUT2D eigenvalue weighted by atomic mass is 10.2. The molecule has 4 nitrogen and oxygen atoms in total. The second-order valence-corrected chi connectivity index (χ2v) is 7.68. The van der Waals surface area contributed by atoms with Crippen molar-refractivity contribution in [1.29, 1.82) is 0 Å². The minimum Gasteiger partial charge on any atom is -0.380 e. The zero-order valence-corrected chi connectivity index (χ0v) is 16.9. The zero-order valence-electron chi connectivity index (χ0n) is 13.8. The summed E-state index contributed by atoms with van der Waals surface area (Å²) in [5.74, 6) is -0.415. The minimum atomic E-state index is -0.415. The lowest BCUT2D eigenvalue weighted by Crippen LogP contribution is -2.20. The lowest BCUT2D eigenvalue weighted by Gasteiger charge is -2.06. The van der Waals surface area contributed by atoms with Crippen molar-refractivity contribution in [1.82, 2.24) is 4.57 Å². The van der Waals surface area contributed by atoms with Crippen LogP contribution in [-0.4, -0.2) is 23.7 Å². The molecule has 0 aliphatic rings. The van der Waals surface area contributed by atoms with E-state index in [0.717, 1.165) is 10.2 Å². The average molecular weight is 430 g/mol. The van der Waals surface area contributed by atoms with Crippen molar-refractivity contribution in [2.75, 3.05) is 13.2 Å². The van der Waals surface area contributed by atoms with E-state index in [9.17, 15) is 4.79 Å². The van der Waals surface area contributed by atoms with E-state index in [1.807, 2.05) is 29.7 Å². The Morgan fingerprint density at radius 1 is 1.19 bits per heavy atom. The van der Waals surface area contributed by atoms with Gasteiger partial charge in [-0.3, -0.25) is 4.79 Å². The number of nitrogens with zero attached hydrogens (tertiary/aromatic N) is 2. The van der Waals surface area contributed by atoms with E-state index in [1.54, 1.807) is 18.2 Å². The Kier molecular flexibility index (Phi) is 6.37. The van der Waals surface area contributed by atoms with E-state index in [0.29, 0.717) is 45.2 Å². The van der Waals surface area contributed by atoms with Crippen LogP contribution < -0.4 is 4.80 Å². The molecule has 2 aromatic carbocycles. The Labute approximate surface area is 169 Å². The number of hydrogen-bond donors (Lipinski definition) is 0. The number of hydrogen-bond acceptors (Lipinski definition) is 3. The van der Waals surface area contributed by atoms with Gasteiger partial charge in [-0.15, -0.1) is 0 Å². The topological polar surface area (TPSA) is 43.6 Å². The fourth-order valence-electron chi connectivity index (χ4n) is 2.51. The molecule has 8 heteroatoms. The Hall–Kier alpha value is -1.37. The monoisotopic (exact) mass is 428 g/mol. The molecule has 0 bridgehead atoms. The lowest BCUT2D eigenvalue weighted by molar-refractivity contribution is 0.0996. The fourth-order valence-corrected chi connectivity index (χ4v) is 4.45. The Balaban J connectivity index is 2.10. The van der Waals surface area contributed by atoms with Crippen LogP contribution in [0.1, 0.15) is 17.3 Å². The van der Waals surface area contributed by atoms with Crippen molar-refractivity contribution >= 4 is 62.3 Å². The first-order valence-corrected chi connectivity index (χ1v) is 9.85. The van der Waals surface area contributed by atoms with Gasteiger partial charge in [-0.05, 0) is 37.3 Å². The van der Waals surface area contributed by atoms with E-state index >= 15 is 0 Å². The Bertz CT molecular complexity index is 1010. The van der Waals surface area contributed by atoms with Crippen molar-refractivity contribution in [2.45, 2.75) is 13.5 Å². The summed E-state index contributed by atoms with van der Waals surface area (Å²) in [4.78, 5) is 17.4. The fraction of sp³-hybridized carbons (Fsp3) is 0.222. The number of benzene rings is 2. The van der Waals surface area contributed by atoms with Crippen LogP contribution >= 0.6 is 46.1 Å². The highest BCUT2D eigenvalue weighted by Gasteiger charge is 2.12. The number of thiazole rings is 1. The third kappa shape index (κ3) is 4.30. The van der Waals surface area contributed by atoms with Crippen molar-refractivity contribution in [2.24, 2.45) is 4.99 Å². The number of amides is 1. The standard InChI is InChI=1S/C18H15Cl3N2O2S/c1-2-25-7-6-23-16-14(21)4-3-5-15(16)26-18(23)22-17(24)11-8-12(19)10-13(20)9-11/h3-5,8-10H,2,6-7H2,1H3. The van der Waals surface area contributed by atoms with Gasteiger partial charge in [0.1, 0.15) is 0 Å². The molecule has 0 spiro atoms. The summed E-state index contributed by atoms with van der Waals surface area (Å²) in [6.45, 7) is 3.59. The Morgan fingerprint density at radius 3 is 2.62 bits per heavy atom. The highest BCUT2D eigenvalue weighted by Crippen LogP contribution is 2.25. The predicted octanol–water partition coefficient (Wildman–Crippen LogP) is 5.44. The predicted molar refractivity (Wildman–Crippen MR) is 108 cm³/mol. The first-order valence-electron chi connectivity index (χ1n) is 7.90. The second-order valence-electron chi connectivity index (χ2n) is 5.39. The quantitative estimate of drug-likeness (QED) is 0.507. The van der Waals surface area contributed by atoms with Gasteiger partial charge in [0, 0.05) is 28.8 Å². The molecule has 0 radical (unpaired) electrons. The maximum Gasteiger partial charge on any atom is 0.279 e.